The lowest BCUT2D eigenvalue weighted by atomic mass is 10.1. The molecule has 0 radical (unpaired) electrons. The molecule has 3 heterocycles. The van der Waals surface area contributed by atoms with E-state index in [-0.39, 0.29) is 5.91 Å². The number of aromatic nitrogens is 1. The van der Waals surface area contributed by atoms with Gasteiger partial charge in [-0.05, 0) is 79.1 Å². The van der Waals surface area contributed by atoms with Gasteiger partial charge in [0, 0.05) is 54.1 Å². The highest BCUT2D eigenvalue weighted by atomic mass is 32.2. The Bertz CT molecular complexity index is 1210. The number of nitrogens with zero attached hydrogens (tertiary/aromatic N) is 3. The van der Waals surface area contributed by atoms with Crippen LogP contribution in [0.4, 0.5) is 17.2 Å². The molecule has 6 nitrogen and oxygen atoms in total. The zero-order chi connectivity index (χ0) is 24.7. The third kappa shape index (κ3) is 5.58. The molecule has 1 fully saturated rings. The fourth-order valence-electron chi connectivity index (χ4n) is 4.79. The minimum absolute atomic E-state index is 0.00678. The van der Waals surface area contributed by atoms with E-state index >= 15 is 0 Å². The minimum Gasteiger partial charge on any atom is -0.369 e. The topological polar surface area (TPSA) is 68.7 Å². The van der Waals surface area contributed by atoms with Crippen molar-refractivity contribution in [3.8, 4) is 0 Å². The maximum atomic E-state index is 13.6. The standard InChI is InChI=1S/C29H32N4O2S/c34-28(25-10-8-16-30-27(25)32-17-5-6-18-32)31-24-14-12-22(13-15-24)29(35)33-19-4-1-7-20-36-21-23-9-2-3-11-26(23)33/h2-3,7-16,20,28,31,34H,1,4-6,17-19,21H2/b20-7-. The first-order valence-corrected chi connectivity index (χ1v) is 13.7. The van der Waals surface area contributed by atoms with Crippen LogP contribution < -0.4 is 15.1 Å². The van der Waals surface area contributed by atoms with E-state index in [0.717, 1.165) is 72.8 Å². The van der Waals surface area contributed by atoms with Crippen molar-refractivity contribution in [2.75, 3.05) is 34.8 Å². The molecule has 0 bridgehead atoms. The smallest absolute Gasteiger partial charge is 0.258 e. The summed E-state index contributed by atoms with van der Waals surface area (Å²) >= 11 is 1.76. The number of aliphatic hydroxyl groups excluding tert-OH is 1. The Labute approximate surface area is 217 Å². The van der Waals surface area contributed by atoms with Gasteiger partial charge in [-0.3, -0.25) is 4.79 Å². The highest BCUT2D eigenvalue weighted by Gasteiger charge is 2.22. The van der Waals surface area contributed by atoms with Gasteiger partial charge in [0.25, 0.3) is 5.91 Å². The maximum Gasteiger partial charge on any atom is 0.258 e. The number of carbonyl (C=O) groups is 1. The highest BCUT2D eigenvalue weighted by Crippen LogP contribution is 2.30. The summed E-state index contributed by atoms with van der Waals surface area (Å²) in [6.45, 7) is 2.59. The number of hydrogen-bond donors (Lipinski definition) is 2. The fourth-order valence-corrected chi connectivity index (χ4v) is 5.58. The molecule has 36 heavy (non-hydrogen) atoms. The van der Waals surface area contributed by atoms with Gasteiger partial charge in [0.1, 0.15) is 5.82 Å². The number of benzene rings is 2. The Morgan fingerprint density at radius 1 is 0.972 bits per heavy atom. The number of fused-ring (bicyclic) bond motifs is 1. The van der Waals surface area contributed by atoms with Crippen molar-refractivity contribution in [3.63, 3.8) is 0 Å². The molecule has 0 saturated carbocycles. The summed E-state index contributed by atoms with van der Waals surface area (Å²) in [5, 5.41) is 16.3. The Balaban J connectivity index is 1.32. The summed E-state index contributed by atoms with van der Waals surface area (Å²) < 4.78 is 0. The summed E-state index contributed by atoms with van der Waals surface area (Å²) in [4.78, 5) is 22.2. The lowest BCUT2D eigenvalue weighted by Crippen LogP contribution is -2.32. The van der Waals surface area contributed by atoms with Crippen molar-refractivity contribution < 1.29 is 9.90 Å². The largest absolute Gasteiger partial charge is 0.369 e. The molecule has 1 amide bonds. The molecule has 7 heteroatoms. The molecule has 0 spiro atoms. The third-order valence-electron chi connectivity index (χ3n) is 6.66. The number of amides is 1. The van der Waals surface area contributed by atoms with Crippen molar-refractivity contribution in [2.45, 2.75) is 37.7 Å². The van der Waals surface area contributed by atoms with Crippen LogP contribution >= 0.6 is 11.8 Å². The number of rotatable bonds is 5. The summed E-state index contributed by atoms with van der Waals surface area (Å²) in [6, 6.07) is 19.3. The van der Waals surface area contributed by atoms with Gasteiger partial charge in [-0.2, -0.15) is 0 Å². The lowest BCUT2D eigenvalue weighted by Gasteiger charge is -2.26. The number of allylic oxidation sites excluding steroid dienone is 1. The summed E-state index contributed by atoms with van der Waals surface area (Å²) in [7, 11) is 0. The van der Waals surface area contributed by atoms with E-state index in [0.29, 0.717) is 12.1 Å². The van der Waals surface area contributed by atoms with Crippen LogP contribution in [-0.4, -0.2) is 35.6 Å². The van der Waals surface area contributed by atoms with E-state index < -0.39 is 6.23 Å². The molecule has 1 atom stereocenters. The molecule has 2 N–H and O–H groups in total. The van der Waals surface area contributed by atoms with Crippen LogP contribution in [0.1, 0.15) is 53.4 Å². The van der Waals surface area contributed by atoms with Gasteiger partial charge in [-0.25, -0.2) is 4.98 Å². The van der Waals surface area contributed by atoms with E-state index in [9.17, 15) is 9.90 Å². The average Bonchev–Trinajstić information content (AvgIpc) is 3.46. The first-order chi connectivity index (χ1) is 17.7. The fraction of sp³-hybridized carbons (Fsp3) is 0.310. The quantitative estimate of drug-likeness (QED) is 0.421. The zero-order valence-electron chi connectivity index (χ0n) is 20.3. The van der Waals surface area contributed by atoms with Crippen molar-refractivity contribution in [1.29, 1.82) is 0 Å². The first-order valence-electron chi connectivity index (χ1n) is 12.6. The van der Waals surface area contributed by atoms with Crippen molar-refractivity contribution >= 4 is 34.9 Å². The maximum absolute atomic E-state index is 13.6. The lowest BCUT2D eigenvalue weighted by molar-refractivity contribution is 0.0986. The molecule has 0 aliphatic carbocycles. The Morgan fingerprint density at radius 2 is 1.78 bits per heavy atom. The number of hydrogen-bond acceptors (Lipinski definition) is 6. The van der Waals surface area contributed by atoms with Crippen LogP contribution in [0.3, 0.4) is 0 Å². The van der Waals surface area contributed by atoms with E-state index in [1.165, 1.54) is 0 Å². The second-order valence-electron chi connectivity index (χ2n) is 9.15. The summed E-state index contributed by atoms with van der Waals surface area (Å²) in [6.07, 6.45) is 7.21. The number of aliphatic hydroxyl groups is 1. The monoisotopic (exact) mass is 500 g/mol. The average molecular weight is 501 g/mol. The van der Waals surface area contributed by atoms with Crippen molar-refractivity contribution in [1.82, 2.24) is 4.98 Å². The molecular weight excluding hydrogens is 468 g/mol. The number of anilines is 3. The summed E-state index contributed by atoms with van der Waals surface area (Å²) in [5.74, 6) is 1.66. The van der Waals surface area contributed by atoms with Crippen LogP contribution in [0.2, 0.25) is 0 Å². The van der Waals surface area contributed by atoms with Crippen molar-refractivity contribution in [3.05, 3.63) is 95.0 Å². The van der Waals surface area contributed by atoms with Gasteiger partial charge >= 0.3 is 0 Å². The third-order valence-corrected chi connectivity index (χ3v) is 7.53. The minimum atomic E-state index is -0.893. The number of nitrogens with one attached hydrogen (secondary N) is 1. The van der Waals surface area contributed by atoms with Crippen LogP contribution in [-0.2, 0) is 5.75 Å². The highest BCUT2D eigenvalue weighted by molar-refractivity contribution is 8.01. The predicted molar refractivity (Wildman–Crippen MR) is 148 cm³/mol. The van der Waals surface area contributed by atoms with Crippen LogP contribution in [0.25, 0.3) is 0 Å². The van der Waals surface area contributed by atoms with E-state index in [4.69, 9.17) is 0 Å². The molecule has 1 unspecified atom stereocenters. The second kappa shape index (κ2) is 11.6. The molecule has 3 aromatic rings. The van der Waals surface area contributed by atoms with Crippen LogP contribution in [0, 0.1) is 0 Å². The van der Waals surface area contributed by atoms with Gasteiger partial charge in [-0.1, -0.05) is 24.3 Å². The van der Waals surface area contributed by atoms with Gasteiger partial charge in [0.05, 0.1) is 0 Å². The molecule has 2 aliphatic rings. The summed E-state index contributed by atoms with van der Waals surface area (Å²) in [5.41, 5.74) is 4.28. The van der Waals surface area contributed by atoms with Crippen molar-refractivity contribution in [2.24, 2.45) is 0 Å². The van der Waals surface area contributed by atoms with E-state index in [2.05, 4.69) is 32.8 Å². The normalized spacial score (nSPS) is 17.8. The second-order valence-corrected chi connectivity index (χ2v) is 10.0. The van der Waals surface area contributed by atoms with Crippen LogP contribution in [0.5, 0.6) is 0 Å². The molecule has 5 rings (SSSR count). The van der Waals surface area contributed by atoms with E-state index in [1.54, 1.807) is 18.0 Å². The molecule has 1 saturated heterocycles. The molecule has 186 valence electrons. The molecular formula is C29H32N4O2S. The molecule has 1 aromatic heterocycles. The number of pyridine rings is 1. The Morgan fingerprint density at radius 3 is 2.61 bits per heavy atom. The number of para-hydroxylation sites is 1. The Hall–Kier alpha value is -3.29. The van der Waals surface area contributed by atoms with Gasteiger partial charge in [0.2, 0.25) is 0 Å². The van der Waals surface area contributed by atoms with Gasteiger partial charge in [-0.15, -0.1) is 11.8 Å². The molecule has 2 aliphatic heterocycles. The number of thioether (sulfide) groups is 1. The van der Waals surface area contributed by atoms with Crippen LogP contribution in [0.15, 0.2) is 78.3 Å². The zero-order valence-corrected chi connectivity index (χ0v) is 21.2. The SMILES string of the molecule is O=C(c1ccc(NC(O)c2cccnc2N2CCCC2)cc1)N1CCC/C=C\SCc2ccccc21. The van der Waals surface area contributed by atoms with Gasteiger partial charge < -0.3 is 20.2 Å². The predicted octanol–water partition coefficient (Wildman–Crippen LogP) is 5.97. The van der Waals surface area contributed by atoms with Gasteiger partial charge in [0.15, 0.2) is 6.23 Å². The Kier molecular flexibility index (Phi) is 7.88. The van der Waals surface area contributed by atoms with E-state index in [1.807, 2.05) is 59.5 Å². The molecule has 2 aromatic carbocycles. The first kappa shape index (κ1) is 24.4. The number of carbonyl (C=O) groups excluding carboxylic acids is 1.